The van der Waals surface area contributed by atoms with E-state index >= 15 is 0 Å². The monoisotopic (exact) mass is 328 g/mol. The SMILES string of the molecule is CCc1c(-c2cccc[n+]2C)c(C)cc2c1-c1ccccc1C2(C)C. The zero-order valence-corrected chi connectivity index (χ0v) is 15.9. The molecule has 2 aromatic carbocycles. The van der Waals surface area contributed by atoms with Gasteiger partial charge in [0, 0.05) is 17.5 Å². The van der Waals surface area contributed by atoms with Gasteiger partial charge in [0.15, 0.2) is 6.20 Å². The summed E-state index contributed by atoms with van der Waals surface area (Å²) in [5.41, 5.74) is 11.4. The van der Waals surface area contributed by atoms with Crippen molar-refractivity contribution >= 4 is 0 Å². The van der Waals surface area contributed by atoms with Gasteiger partial charge in [-0.2, -0.15) is 0 Å². The number of aryl methyl sites for hydroxylation is 2. The Bertz CT molecular complexity index is 979. The Morgan fingerprint density at radius 3 is 2.36 bits per heavy atom. The summed E-state index contributed by atoms with van der Waals surface area (Å²) < 4.78 is 2.24. The first kappa shape index (κ1) is 16.1. The largest absolute Gasteiger partial charge is 0.212 e. The van der Waals surface area contributed by atoms with Gasteiger partial charge in [0.1, 0.15) is 7.05 Å². The van der Waals surface area contributed by atoms with Gasteiger partial charge in [-0.25, -0.2) is 4.57 Å². The van der Waals surface area contributed by atoms with Gasteiger partial charge < -0.3 is 0 Å². The molecular formula is C24H26N+. The summed E-state index contributed by atoms with van der Waals surface area (Å²) in [4.78, 5) is 0. The van der Waals surface area contributed by atoms with E-state index in [-0.39, 0.29) is 5.41 Å². The molecule has 0 saturated carbocycles. The van der Waals surface area contributed by atoms with E-state index in [2.05, 4.69) is 94.0 Å². The van der Waals surface area contributed by atoms with Crippen molar-refractivity contribution in [3.8, 4) is 22.4 Å². The van der Waals surface area contributed by atoms with Crippen LogP contribution in [0.2, 0.25) is 0 Å². The molecule has 1 aliphatic carbocycles. The van der Waals surface area contributed by atoms with Gasteiger partial charge in [-0.15, -0.1) is 0 Å². The van der Waals surface area contributed by atoms with Crippen molar-refractivity contribution in [1.82, 2.24) is 0 Å². The molecule has 0 N–H and O–H groups in total. The molecule has 0 aliphatic heterocycles. The van der Waals surface area contributed by atoms with Crippen molar-refractivity contribution < 1.29 is 4.57 Å². The third kappa shape index (κ3) is 2.18. The maximum Gasteiger partial charge on any atom is 0.212 e. The summed E-state index contributed by atoms with van der Waals surface area (Å²) in [5, 5.41) is 0. The number of pyridine rings is 1. The fourth-order valence-corrected chi connectivity index (χ4v) is 4.57. The lowest BCUT2D eigenvalue weighted by molar-refractivity contribution is -0.660. The van der Waals surface area contributed by atoms with Gasteiger partial charge >= 0.3 is 0 Å². The summed E-state index contributed by atoms with van der Waals surface area (Å²) in [5.74, 6) is 0. The predicted molar refractivity (Wildman–Crippen MR) is 105 cm³/mol. The van der Waals surface area contributed by atoms with Crippen LogP contribution < -0.4 is 4.57 Å². The van der Waals surface area contributed by atoms with Crippen LogP contribution in [0, 0.1) is 6.92 Å². The van der Waals surface area contributed by atoms with Gasteiger partial charge in [-0.3, -0.25) is 0 Å². The van der Waals surface area contributed by atoms with Crippen molar-refractivity contribution in [2.24, 2.45) is 7.05 Å². The molecule has 25 heavy (non-hydrogen) atoms. The molecule has 0 fully saturated rings. The highest BCUT2D eigenvalue weighted by molar-refractivity contribution is 5.88. The molecule has 0 radical (unpaired) electrons. The highest BCUT2D eigenvalue weighted by Crippen LogP contribution is 2.52. The van der Waals surface area contributed by atoms with Crippen LogP contribution in [-0.4, -0.2) is 0 Å². The van der Waals surface area contributed by atoms with E-state index in [0.29, 0.717) is 0 Å². The lowest BCUT2D eigenvalue weighted by atomic mass is 9.80. The van der Waals surface area contributed by atoms with Gasteiger partial charge in [-0.05, 0) is 52.8 Å². The number of fused-ring (bicyclic) bond motifs is 3. The Morgan fingerprint density at radius 1 is 0.920 bits per heavy atom. The summed E-state index contributed by atoms with van der Waals surface area (Å²) in [6, 6.07) is 17.8. The molecule has 1 heteroatoms. The Labute approximate surface area is 151 Å². The van der Waals surface area contributed by atoms with Crippen molar-refractivity contribution in [3.05, 3.63) is 77.0 Å². The third-order valence-electron chi connectivity index (χ3n) is 5.84. The van der Waals surface area contributed by atoms with Crippen molar-refractivity contribution in [2.75, 3.05) is 0 Å². The van der Waals surface area contributed by atoms with Crippen molar-refractivity contribution in [1.29, 1.82) is 0 Å². The molecular weight excluding hydrogens is 302 g/mol. The molecule has 4 rings (SSSR count). The van der Waals surface area contributed by atoms with E-state index in [9.17, 15) is 0 Å². The van der Waals surface area contributed by atoms with Crippen LogP contribution in [0.1, 0.15) is 43.0 Å². The average molecular weight is 328 g/mol. The molecule has 0 spiro atoms. The quantitative estimate of drug-likeness (QED) is 0.558. The number of nitrogens with zero attached hydrogens (tertiary/aromatic N) is 1. The number of benzene rings is 2. The number of hydrogen-bond acceptors (Lipinski definition) is 0. The zero-order chi connectivity index (χ0) is 17.8. The van der Waals surface area contributed by atoms with Gasteiger partial charge in [0.25, 0.3) is 0 Å². The zero-order valence-electron chi connectivity index (χ0n) is 15.9. The Kier molecular flexibility index (Phi) is 3.57. The fourth-order valence-electron chi connectivity index (χ4n) is 4.57. The molecule has 1 aliphatic rings. The van der Waals surface area contributed by atoms with Crippen molar-refractivity contribution in [3.63, 3.8) is 0 Å². The summed E-state index contributed by atoms with van der Waals surface area (Å²) in [6.07, 6.45) is 3.18. The Balaban J connectivity index is 2.13. The van der Waals surface area contributed by atoms with Crippen LogP contribution in [0.15, 0.2) is 54.7 Å². The fraction of sp³-hybridized carbons (Fsp3) is 0.292. The second-order valence-corrected chi connectivity index (χ2v) is 7.69. The smallest absolute Gasteiger partial charge is 0.201 e. The van der Waals surface area contributed by atoms with E-state index in [1.54, 1.807) is 0 Å². The number of rotatable bonds is 2. The van der Waals surface area contributed by atoms with Gasteiger partial charge in [0.2, 0.25) is 5.69 Å². The average Bonchev–Trinajstić information content (AvgIpc) is 2.83. The third-order valence-corrected chi connectivity index (χ3v) is 5.84. The van der Waals surface area contributed by atoms with Crippen LogP contribution >= 0.6 is 0 Å². The minimum atomic E-state index is 0.0675. The lowest BCUT2D eigenvalue weighted by Crippen LogP contribution is -2.30. The van der Waals surface area contributed by atoms with E-state index in [1.165, 1.54) is 44.6 Å². The van der Waals surface area contributed by atoms with Crippen LogP contribution in [0.4, 0.5) is 0 Å². The minimum absolute atomic E-state index is 0.0675. The summed E-state index contributed by atoms with van der Waals surface area (Å²) in [6.45, 7) is 9.27. The topological polar surface area (TPSA) is 3.88 Å². The van der Waals surface area contributed by atoms with E-state index in [4.69, 9.17) is 0 Å². The second kappa shape index (κ2) is 5.56. The molecule has 1 heterocycles. The molecule has 0 atom stereocenters. The molecule has 0 bridgehead atoms. The summed E-state index contributed by atoms with van der Waals surface area (Å²) in [7, 11) is 2.14. The summed E-state index contributed by atoms with van der Waals surface area (Å²) >= 11 is 0. The van der Waals surface area contributed by atoms with Gasteiger partial charge in [0.05, 0.1) is 5.56 Å². The van der Waals surface area contributed by atoms with Gasteiger partial charge in [-0.1, -0.05) is 51.1 Å². The first-order valence-corrected chi connectivity index (χ1v) is 9.18. The van der Waals surface area contributed by atoms with E-state index < -0.39 is 0 Å². The maximum absolute atomic E-state index is 2.43. The molecule has 0 unspecified atom stereocenters. The van der Waals surface area contributed by atoms with Crippen LogP contribution in [-0.2, 0) is 18.9 Å². The molecule has 0 saturated heterocycles. The lowest BCUT2D eigenvalue weighted by Gasteiger charge is -2.23. The molecule has 1 nitrogen and oxygen atoms in total. The Hall–Kier alpha value is -2.41. The van der Waals surface area contributed by atoms with E-state index in [1.807, 2.05) is 0 Å². The minimum Gasteiger partial charge on any atom is -0.201 e. The standard InChI is InChI=1S/C24H26N/c1-6-17-22(21-13-9-10-14-25(21)5)16(2)15-20-23(17)18-11-7-8-12-19(18)24(20,3)4/h7-15H,6H2,1-5H3/q+1. The van der Waals surface area contributed by atoms with Crippen molar-refractivity contribution in [2.45, 2.75) is 39.5 Å². The van der Waals surface area contributed by atoms with Crippen LogP contribution in [0.3, 0.4) is 0 Å². The first-order chi connectivity index (χ1) is 12.0. The Morgan fingerprint density at radius 2 is 1.64 bits per heavy atom. The molecule has 3 aromatic rings. The van der Waals surface area contributed by atoms with Crippen LogP contribution in [0.5, 0.6) is 0 Å². The normalized spacial score (nSPS) is 14.3. The molecule has 126 valence electrons. The number of hydrogen-bond donors (Lipinski definition) is 0. The molecule has 1 aromatic heterocycles. The highest BCUT2D eigenvalue weighted by Gasteiger charge is 2.38. The second-order valence-electron chi connectivity index (χ2n) is 7.69. The maximum atomic E-state index is 2.43. The highest BCUT2D eigenvalue weighted by atomic mass is 14.9. The van der Waals surface area contributed by atoms with Crippen LogP contribution in [0.25, 0.3) is 22.4 Å². The molecule has 0 amide bonds. The predicted octanol–water partition coefficient (Wildman–Crippen LogP) is 5.36. The number of aromatic nitrogens is 1. The van der Waals surface area contributed by atoms with E-state index in [0.717, 1.165) is 6.42 Å². The first-order valence-electron chi connectivity index (χ1n) is 9.18.